The number of nitrogens with one attached hydrogen (secondary N) is 2. The van der Waals surface area contributed by atoms with Gasteiger partial charge in [0.2, 0.25) is 0 Å². The Morgan fingerprint density at radius 1 is 1.33 bits per heavy atom. The molecule has 0 aliphatic carbocycles. The molecule has 150 valence electrons. The van der Waals surface area contributed by atoms with E-state index >= 15 is 0 Å². The average Bonchev–Trinajstić information content (AvgIpc) is 3.14. The van der Waals surface area contributed by atoms with E-state index in [4.69, 9.17) is 4.74 Å². The van der Waals surface area contributed by atoms with E-state index in [1.165, 1.54) is 6.07 Å². The van der Waals surface area contributed by atoms with Gasteiger partial charge in [-0.25, -0.2) is 9.37 Å². The first-order valence-electron chi connectivity index (χ1n) is 8.89. The van der Waals surface area contributed by atoms with Crippen molar-refractivity contribution in [3.63, 3.8) is 0 Å². The number of aliphatic imine (C=N–C) groups is 1. The Balaban J connectivity index is 0.00000364. The Morgan fingerprint density at radius 3 is 2.78 bits per heavy atom. The van der Waals surface area contributed by atoms with Crippen LogP contribution >= 0.6 is 24.0 Å². The van der Waals surface area contributed by atoms with Crippen LogP contribution < -0.4 is 10.6 Å². The molecular formula is C19H29FIN5O. The minimum Gasteiger partial charge on any atom is -0.381 e. The zero-order chi connectivity index (χ0) is 18.8. The fraction of sp³-hybridized carbons (Fsp3) is 0.474. The summed E-state index contributed by atoms with van der Waals surface area (Å²) in [6, 6.07) is 5.16. The second kappa shape index (κ2) is 12.7. The molecule has 0 bridgehead atoms. The third-order valence-corrected chi connectivity index (χ3v) is 3.69. The Hall–Kier alpha value is -1.68. The fourth-order valence-electron chi connectivity index (χ4n) is 2.38. The molecule has 27 heavy (non-hydrogen) atoms. The lowest BCUT2D eigenvalue weighted by Gasteiger charge is -2.13. The van der Waals surface area contributed by atoms with E-state index in [0.717, 1.165) is 31.7 Å². The van der Waals surface area contributed by atoms with Crippen molar-refractivity contribution in [1.82, 2.24) is 20.2 Å². The van der Waals surface area contributed by atoms with Gasteiger partial charge in [0, 0.05) is 45.7 Å². The number of nitrogens with zero attached hydrogens (tertiary/aromatic N) is 3. The number of ether oxygens (including phenoxy) is 1. The predicted molar refractivity (Wildman–Crippen MR) is 117 cm³/mol. The second-order valence-corrected chi connectivity index (χ2v) is 6.43. The molecule has 0 aliphatic rings. The molecule has 0 atom stereocenters. The number of rotatable bonds is 9. The van der Waals surface area contributed by atoms with E-state index in [-0.39, 0.29) is 29.8 Å². The first kappa shape index (κ1) is 23.4. The number of benzene rings is 1. The average molecular weight is 489 g/mol. The quantitative estimate of drug-likeness (QED) is 0.246. The van der Waals surface area contributed by atoms with E-state index in [1.807, 2.05) is 6.07 Å². The van der Waals surface area contributed by atoms with Gasteiger partial charge < -0.3 is 19.9 Å². The van der Waals surface area contributed by atoms with Gasteiger partial charge in [-0.05, 0) is 30.0 Å². The highest BCUT2D eigenvalue weighted by Crippen LogP contribution is 2.14. The molecule has 1 aromatic heterocycles. The maximum absolute atomic E-state index is 14.3. The number of halogens is 2. The van der Waals surface area contributed by atoms with Gasteiger partial charge in [0.15, 0.2) is 5.96 Å². The summed E-state index contributed by atoms with van der Waals surface area (Å²) >= 11 is 0. The van der Waals surface area contributed by atoms with Crippen LogP contribution in [0.5, 0.6) is 0 Å². The summed E-state index contributed by atoms with van der Waals surface area (Å²) in [4.78, 5) is 8.12. The smallest absolute Gasteiger partial charge is 0.191 e. The zero-order valence-corrected chi connectivity index (χ0v) is 18.4. The van der Waals surface area contributed by atoms with Crippen molar-refractivity contribution < 1.29 is 9.13 Å². The normalized spacial score (nSPS) is 11.4. The summed E-state index contributed by atoms with van der Waals surface area (Å²) in [5.74, 6) is 0.957. The predicted octanol–water partition coefficient (Wildman–Crippen LogP) is 3.36. The van der Waals surface area contributed by atoms with Crippen LogP contribution in [0.2, 0.25) is 0 Å². The van der Waals surface area contributed by atoms with Gasteiger partial charge in [-0.1, -0.05) is 19.9 Å². The largest absolute Gasteiger partial charge is 0.381 e. The number of guanidine groups is 1. The Bertz CT molecular complexity index is 691. The van der Waals surface area contributed by atoms with E-state index in [2.05, 4.69) is 34.5 Å². The van der Waals surface area contributed by atoms with Gasteiger partial charge in [0.05, 0.1) is 12.0 Å². The maximum atomic E-state index is 14.3. The topological polar surface area (TPSA) is 63.5 Å². The number of aromatic nitrogens is 2. The van der Waals surface area contributed by atoms with E-state index in [9.17, 15) is 4.39 Å². The van der Waals surface area contributed by atoms with Crippen LogP contribution in [0, 0.1) is 11.7 Å². The van der Waals surface area contributed by atoms with Gasteiger partial charge in [-0.3, -0.25) is 4.99 Å². The third-order valence-electron chi connectivity index (χ3n) is 3.69. The van der Waals surface area contributed by atoms with Crippen LogP contribution in [-0.2, 0) is 11.3 Å². The van der Waals surface area contributed by atoms with Crippen LogP contribution in [0.3, 0.4) is 0 Å². The molecule has 0 saturated heterocycles. The van der Waals surface area contributed by atoms with Crippen molar-refractivity contribution in [1.29, 1.82) is 0 Å². The van der Waals surface area contributed by atoms with Crippen molar-refractivity contribution in [2.45, 2.75) is 26.8 Å². The minimum absolute atomic E-state index is 0. The minimum atomic E-state index is -0.285. The van der Waals surface area contributed by atoms with Gasteiger partial charge in [-0.15, -0.1) is 24.0 Å². The highest BCUT2D eigenvalue weighted by Gasteiger charge is 2.06. The molecule has 1 heterocycles. The lowest BCUT2D eigenvalue weighted by atomic mass is 10.2. The second-order valence-electron chi connectivity index (χ2n) is 6.43. The molecule has 6 nitrogen and oxygen atoms in total. The van der Waals surface area contributed by atoms with E-state index in [0.29, 0.717) is 24.1 Å². The molecule has 0 amide bonds. The Morgan fingerprint density at radius 2 is 2.15 bits per heavy atom. The molecule has 2 N–H and O–H groups in total. The first-order valence-corrected chi connectivity index (χ1v) is 8.89. The molecule has 0 radical (unpaired) electrons. The van der Waals surface area contributed by atoms with Crippen LogP contribution in [-0.4, -0.2) is 42.3 Å². The summed E-state index contributed by atoms with van der Waals surface area (Å²) < 4.78 is 21.5. The summed E-state index contributed by atoms with van der Waals surface area (Å²) in [6.07, 6.45) is 5.82. The van der Waals surface area contributed by atoms with Gasteiger partial charge in [-0.2, -0.15) is 0 Å². The van der Waals surface area contributed by atoms with Crippen LogP contribution in [0.25, 0.3) is 5.69 Å². The highest BCUT2D eigenvalue weighted by atomic mass is 127. The number of imidazole rings is 1. The van der Waals surface area contributed by atoms with E-state index in [1.54, 1.807) is 36.4 Å². The Labute approximate surface area is 177 Å². The monoisotopic (exact) mass is 489 g/mol. The lowest BCUT2D eigenvalue weighted by Crippen LogP contribution is -2.37. The molecule has 0 saturated carbocycles. The molecule has 1 aromatic carbocycles. The molecule has 0 unspecified atom stereocenters. The van der Waals surface area contributed by atoms with Crippen molar-refractivity contribution in [3.8, 4) is 5.69 Å². The molecule has 0 fully saturated rings. The molecule has 0 spiro atoms. The van der Waals surface area contributed by atoms with Crippen LogP contribution in [0.4, 0.5) is 4.39 Å². The van der Waals surface area contributed by atoms with Crippen molar-refractivity contribution in [2.24, 2.45) is 10.9 Å². The van der Waals surface area contributed by atoms with Crippen molar-refractivity contribution in [3.05, 3.63) is 48.3 Å². The maximum Gasteiger partial charge on any atom is 0.191 e. The Kier molecular flexibility index (Phi) is 11.0. The number of hydrogen-bond donors (Lipinski definition) is 2. The van der Waals surface area contributed by atoms with Crippen molar-refractivity contribution in [2.75, 3.05) is 26.8 Å². The molecule has 8 heteroatoms. The molecule has 2 rings (SSSR count). The third kappa shape index (κ3) is 8.25. The first-order chi connectivity index (χ1) is 12.6. The summed E-state index contributed by atoms with van der Waals surface area (Å²) in [7, 11) is 1.72. The number of hydrogen-bond acceptors (Lipinski definition) is 3. The van der Waals surface area contributed by atoms with E-state index < -0.39 is 0 Å². The van der Waals surface area contributed by atoms with Gasteiger partial charge in [0.25, 0.3) is 0 Å². The lowest BCUT2D eigenvalue weighted by molar-refractivity contribution is 0.108. The van der Waals surface area contributed by atoms with Crippen LogP contribution in [0.15, 0.2) is 41.9 Å². The zero-order valence-electron chi connectivity index (χ0n) is 16.1. The summed E-state index contributed by atoms with van der Waals surface area (Å²) in [5.41, 5.74) is 1.32. The molecule has 0 aliphatic heterocycles. The fourth-order valence-corrected chi connectivity index (χ4v) is 2.38. The summed E-state index contributed by atoms with van der Waals surface area (Å²) in [5, 5.41) is 6.42. The summed E-state index contributed by atoms with van der Waals surface area (Å²) in [6.45, 7) is 7.04. The van der Waals surface area contributed by atoms with Gasteiger partial charge >= 0.3 is 0 Å². The SMILES string of the molecule is CN=C(NCCCOCC(C)C)NCc1ccc(-n2ccnc2)c(F)c1.I. The molecular weight excluding hydrogens is 460 g/mol. The van der Waals surface area contributed by atoms with Gasteiger partial charge in [0.1, 0.15) is 5.82 Å². The van der Waals surface area contributed by atoms with Crippen molar-refractivity contribution >= 4 is 29.9 Å². The highest BCUT2D eigenvalue weighted by molar-refractivity contribution is 14.0. The standard InChI is InChI=1S/C19H28FN5O.HI/c1-15(2)13-26-10-4-7-23-19(21-3)24-12-16-5-6-18(17(20)11-16)25-9-8-22-14-25;/h5-6,8-9,11,14-15H,4,7,10,12-13H2,1-3H3,(H2,21,23,24);1H. The molecule has 2 aromatic rings. The van der Waals surface area contributed by atoms with Crippen LogP contribution in [0.1, 0.15) is 25.8 Å².